The average Bonchev–Trinajstić information content (AvgIpc) is 2.48. The molecule has 2 aromatic heterocycles. The number of carboxylic acid groups (broad SMARTS) is 1. The molecule has 0 fully saturated rings. The number of unbranched alkanes of at least 4 members (excludes halogenated alkanes) is 2. The van der Waals surface area contributed by atoms with Crippen molar-refractivity contribution >= 4 is 5.97 Å². The molecule has 0 spiro atoms. The molecular weight excluding hydrogens is 252 g/mol. The highest BCUT2D eigenvalue weighted by molar-refractivity contribution is 5.66. The first-order valence-corrected chi connectivity index (χ1v) is 6.88. The van der Waals surface area contributed by atoms with Gasteiger partial charge in [0.05, 0.1) is 5.69 Å². The minimum Gasteiger partial charge on any atom is -0.481 e. The van der Waals surface area contributed by atoms with E-state index in [4.69, 9.17) is 5.11 Å². The maximum Gasteiger partial charge on any atom is 0.303 e. The smallest absolute Gasteiger partial charge is 0.303 e. The predicted molar refractivity (Wildman–Crippen MR) is 76.0 cm³/mol. The Balaban J connectivity index is 1.82. The zero-order valence-electron chi connectivity index (χ0n) is 11.4. The summed E-state index contributed by atoms with van der Waals surface area (Å²) in [6.45, 7) is 0.919. The Morgan fingerprint density at radius 1 is 1.10 bits per heavy atom. The van der Waals surface area contributed by atoms with Crippen molar-refractivity contribution in [2.75, 3.05) is 0 Å². The zero-order valence-corrected chi connectivity index (χ0v) is 11.4. The Morgan fingerprint density at radius 2 is 1.90 bits per heavy atom. The fourth-order valence-corrected chi connectivity index (χ4v) is 2.06. The van der Waals surface area contributed by atoms with Gasteiger partial charge in [-0.25, -0.2) is 4.57 Å². The van der Waals surface area contributed by atoms with Gasteiger partial charge in [-0.3, -0.25) is 9.78 Å². The molecule has 0 saturated heterocycles. The standard InChI is InChI=1S/C16H18N2O2/c19-16(20)7-2-1-5-11-18-12-8-14(9-13-18)15-6-3-4-10-17-15/h3-4,6,8-10,12-13H,1-2,5,7,11H2/p+1. The predicted octanol–water partition coefficient (Wildman–Crippen LogP) is 2.68. The minimum atomic E-state index is -0.711. The number of rotatable bonds is 7. The van der Waals surface area contributed by atoms with Crippen LogP contribution in [-0.2, 0) is 11.3 Å². The monoisotopic (exact) mass is 271 g/mol. The molecule has 1 N–H and O–H groups in total. The van der Waals surface area contributed by atoms with Gasteiger partial charge in [0.2, 0.25) is 0 Å². The summed E-state index contributed by atoms with van der Waals surface area (Å²) in [6, 6.07) is 9.99. The highest BCUT2D eigenvalue weighted by Gasteiger charge is 2.04. The lowest BCUT2D eigenvalue weighted by Crippen LogP contribution is -2.32. The second-order valence-corrected chi connectivity index (χ2v) is 4.74. The highest BCUT2D eigenvalue weighted by Crippen LogP contribution is 2.13. The number of carboxylic acids is 1. The van der Waals surface area contributed by atoms with Crippen molar-refractivity contribution in [3.05, 3.63) is 48.9 Å². The number of pyridine rings is 2. The lowest BCUT2D eigenvalue weighted by atomic mass is 10.1. The third kappa shape index (κ3) is 4.46. The lowest BCUT2D eigenvalue weighted by molar-refractivity contribution is -0.697. The molecule has 2 rings (SSSR count). The van der Waals surface area contributed by atoms with Gasteiger partial charge >= 0.3 is 5.97 Å². The maximum atomic E-state index is 10.4. The molecule has 0 aliphatic rings. The fourth-order valence-electron chi connectivity index (χ4n) is 2.06. The number of carbonyl (C=O) groups is 1. The van der Waals surface area contributed by atoms with E-state index in [1.807, 2.05) is 30.6 Å². The van der Waals surface area contributed by atoms with E-state index in [0.717, 1.165) is 37.1 Å². The van der Waals surface area contributed by atoms with Gasteiger partial charge in [-0.1, -0.05) is 6.07 Å². The molecule has 0 aliphatic carbocycles. The Morgan fingerprint density at radius 3 is 2.55 bits per heavy atom. The topological polar surface area (TPSA) is 54.1 Å². The van der Waals surface area contributed by atoms with Crippen LogP contribution < -0.4 is 4.57 Å². The molecule has 0 radical (unpaired) electrons. The molecule has 4 nitrogen and oxygen atoms in total. The number of aryl methyl sites for hydroxylation is 1. The van der Waals surface area contributed by atoms with E-state index in [-0.39, 0.29) is 6.42 Å². The van der Waals surface area contributed by atoms with Crippen LogP contribution >= 0.6 is 0 Å². The normalized spacial score (nSPS) is 10.4. The second kappa shape index (κ2) is 7.38. The quantitative estimate of drug-likeness (QED) is 0.622. The van der Waals surface area contributed by atoms with E-state index in [1.54, 1.807) is 6.20 Å². The molecule has 20 heavy (non-hydrogen) atoms. The first-order chi connectivity index (χ1) is 9.75. The summed E-state index contributed by atoms with van der Waals surface area (Å²) in [5.41, 5.74) is 2.08. The van der Waals surface area contributed by atoms with Crippen LogP contribution in [0.25, 0.3) is 11.3 Å². The van der Waals surface area contributed by atoms with Crippen LogP contribution in [0.3, 0.4) is 0 Å². The molecule has 0 saturated carbocycles. The van der Waals surface area contributed by atoms with Gasteiger partial charge in [-0.2, -0.15) is 0 Å². The number of hydrogen-bond acceptors (Lipinski definition) is 2. The number of nitrogens with zero attached hydrogens (tertiary/aromatic N) is 2. The van der Waals surface area contributed by atoms with E-state index < -0.39 is 5.97 Å². The maximum absolute atomic E-state index is 10.4. The SMILES string of the molecule is O=C(O)CCCCC[n+]1ccc(-c2ccccn2)cc1. The van der Waals surface area contributed by atoms with Gasteiger partial charge in [0.25, 0.3) is 0 Å². The van der Waals surface area contributed by atoms with Crippen LogP contribution in [0.1, 0.15) is 25.7 Å². The van der Waals surface area contributed by atoms with Crippen molar-refractivity contribution in [3.63, 3.8) is 0 Å². The van der Waals surface area contributed by atoms with Crippen LogP contribution in [0, 0.1) is 0 Å². The van der Waals surface area contributed by atoms with Crippen molar-refractivity contribution in [3.8, 4) is 11.3 Å². The summed E-state index contributed by atoms with van der Waals surface area (Å²) in [5.74, 6) is -0.711. The molecule has 0 aromatic carbocycles. The summed E-state index contributed by atoms with van der Waals surface area (Å²) in [5, 5.41) is 8.56. The van der Waals surface area contributed by atoms with E-state index in [1.165, 1.54) is 0 Å². The molecule has 0 unspecified atom stereocenters. The van der Waals surface area contributed by atoms with Crippen molar-refractivity contribution in [1.82, 2.24) is 4.98 Å². The molecule has 2 heterocycles. The van der Waals surface area contributed by atoms with Crippen LogP contribution in [-0.4, -0.2) is 16.1 Å². The summed E-state index contributed by atoms with van der Waals surface area (Å²) in [7, 11) is 0. The largest absolute Gasteiger partial charge is 0.481 e. The second-order valence-electron chi connectivity index (χ2n) is 4.74. The van der Waals surface area contributed by atoms with E-state index in [9.17, 15) is 4.79 Å². The Bertz CT molecular complexity index is 538. The fraction of sp³-hybridized carbons (Fsp3) is 0.312. The van der Waals surface area contributed by atoms with Gasteiger partial charge < -0.3 is 5.11 Å². The number of hydrogen-bond donors (Lipinski definition) is 1. The van der Waals surface area contributed by atoms with Crippen molar-refractivity contribution in [1.29, 1.82) is 0 Å². The summed E-state index contributed by atoms with van der Waals surface area (Å²) in [4.78, 5) is 14.7. The van der Waals surface area contributed by atoms with Crippen LogP contribution in [0.2, 0.25) is 0 Å². The molecule has 2 aromatic rings. The van der Waals surface area contributed by atoms with Crippen LogP contribution in [0.5, 0.6) is 0 Å². The van der Waals surface area contributed by atoms with Gasteiger partial charge in [-0.05, 0) is 25.0 Å². The summed E-state index contributed by atoms with van der Waals surface area (Å²) in [6.07, 6.45) is 8.84. The Labute approximate surface area is 118 Å². The molecule has 0 aliphatic heterocycles. The molecule has 0 atom stereocenters. The lowest BCUT2D eigenvalue weighted by Gasteiger charge is -2.00. The first-order valence-electron chi connectivity index (χ1n) is 6.88. The zero-order chi connectivity index (χ0) is 14.2. The molecule has 0 bridgehead atoms. The van der Waals surface area contributed by atoms with Gasteiger partial charge in [0.1, 0.15) is 6.54 Å². The molecule has 4 heteroatoms. The number of aliphatic carboxylic acids is 1. The third-order valence-corrected chi connectivity index (χ3v) is 3.16. The Hall–Kier alpha value is -2.23. The summed E-state index contributed by atoms with van der Waals surface area (Å²) >= 11 is 0. The average molecular weight is 271 g/mol. The van der Waals surface area contributed by atoms with E-state index in [2.05, 4.69) is 21.7 Å². The van der Waals surface area contributed by atoms with E-state index >= 15 is 0 Å². The van der Waals surface area contributed by atoms with Gasteiger partial charge in [-0.15, -0.1) is 0 Å². The first kappa shape index (κ1) is 14.2. The summed E-state index contributed by atoms with van der Waals surface area (Å²) < 4.78 is 2.12. The van der Waals surface area contributed by atoms with Crippen LogP contribution in [0.15, 0.2) is 48.9 Å². The van der Waals surface area contributed by atoms with Crippen molar-refractivity contribution in [2.24, 2.45) is 0 Å². The number of aromatic nitrogens is 2. The minimum absolute atomic E-state index is 0.267. The van der Waals surface area contributed by atoms with Crippen LogP contribution in [0.4, 0.5) is 0 Å². The van der Waals surface area contributed by atoms with Crippen molar-refractivity contribution < 1.29 is 14.5 Å². The van der Waals surface area contributed by atoms with Gasteiger partial charge in [0, 0.05) is 36.7 Å². The molecule has 0 amide bonds. The Kier molecular flexibility index (Phi) is 5.24. The van der Waals surface area contributed by atoms with Gasteiger partial charge in [0.15, 0.2) is 12.4 Å². The third-order valence-electron chi connectivity index (χ3n) is 3.16. The highest BCUT2D eigenvalue weighted by atomic mass is 16.4. The van der Waals surface area contributed by atoms with Crippen molar-refractivity contribution in [2.45, 2.75) is 32.2 Å². The molecular formula is C16H19N2O2+. The van der Waals surface area contributed by atoms with E-state index in [0.29, 0.717) is 0 Å². The molecule has 104 valence electrons.